The Morgan fingerprint density at radius 3 is 2.89 bits per heavy atom. The molecule has 1 amide bonds. The maximum Gasteiger partial charge on any atom is 0.255 e. The third kappa shape index (κ3) is 5.85. The summed E-state index contributed by atoms with van der Waals surface area (Å²) in [6.45, 7) is 6.42. The predicted molar refractivity (Wildman–Crippen MR) is 107 cm³/mol. The van der Waals surface area contributed by atoms with Gasteiger partial charge in [0.1, 0.15) is 5.75 Å². The molecule has 27 heavy (non-hydrogen) atoms. The third-order valence-electron chi connectivity index (χ3n) is 5.24. The van der Waals surface area contributed by atoms with Crippen LogP contribution in [0.1, 0.15) is 24.8 Å². The highest BCUT2D eigenvalue weighted by molar-refractivity contribution is 5.80. The summed E-state index contributed by atoms with van der Waals surface area (Å²) in [5, 5.41) is 3.45. The number of likely N-dealkylation sites (tertiary alicyclic amines) is 2. The molecule has 1 aromatic rings. The van der Waals surface area contributed by atoms with E-state index in [1.54, 1.807) is 0 Å². The van der Waals surface area contributed by atoms with Crippen LogP contribution in [-0.2, 0) is 11.3 Å². The maximum atomic E-state index is 10.9. The molecular weight excluding hydrogens is 342 g/mol. The third-order valence-corrected chi connectivity index (χ3v) is 5.24. The summed E-state index contributed by atoms with van der Waals surface area (Å²) in [5.41, 5.74) is 6.20. The van der Waals surface area contributed by atoms with E-state index in [1.165, 1.54) is 38.9 Å². The zero-order chi connectivity index (χ0) is 19.1. The van der Waals surface area contributed by atoms with E-state index in [0.29, 0.717) is 12.3 Å². The van der Waals surface area contributed by atoms with E-state index >= 15 is 0 Å². The van der Waals surface area contributed by atoms with Crippen molar-refractivity contribution in [1.29, 1.82) is 0 Å². The van der Waals surface area contributed by atoms with E-state index in [9.17, 15) is 4.79 Å². The van der Waals surface area contributed by atoms with Gasteiger partial charge in [-0.2, -0.15) is 0 Å². The number of guanidine groups is 1. The van der Waals surface area contributed by atoms with Gasteiger partial charge in [0.2, 0.25) is 0 Å². The SMILES string of the molecule is CN=C(NCc1cccc(OCC(N)=O)c1)N1CCC(CN2CCCC2)C1. The molecule has 2 aliphatic rings. The van der Waals surface area contributed by atoms with Gasteiger partial charge in [-0.25, -0.2) is 0 Å². The van der Waals surface area contributed by atoms with Crippen molar-refractivity contribution in [3.05, 3.63) is 29.8 Å². The molecule has 0 aromatic heterocycles. The monoisotopic (exact) mass is 373 g/mol. The van der Waals surface area contributed by atoms with Crippen molar-refractivity contribution < 1.29 is 9.53 Å². The minimum atomic E-state index is -0.476. The molecule has 0 aliphatic carbocycles. The van der Waals surface area contributed by atoms with Crippen LogP contribution in [0.5, 0.6) is 5.75 Å². The van der Waals surface area contributed by atoms with Gasteiger partial charge in [-0.1, -0.05) is 12.1 Å². The van der Waals surface area contributed by atoms with Crippen LogP contribution in [0, 0.1) is 5.92 Å². The highest BCUT2D eigenvalue weighted by Crippen LogP contribution is 2.20. The Hall–Kier alpha value is -2.28. The van der Waals surface area contributed by atoms with Crippen molar-refractivity contribution in [2.24, 2.45) is 16.6 Å². The summed E-state index contributed by atoms with van der Waals surface area (Å²) in [6.07, 6.45) is 3.93. The number of nitrogens with two attached hydrogens (primary N) is 1. The van der Waals surface area contributed by atoms with Crippen molar-refractivity contribution in [3.63, 3.8) is 0 Å². The molecule has 1 atom stereocenters. The number of benzene rings is 1. The lowest BCUT2D eigenvalue weighted by atomic mass is 10.1. The Morgan fingerprint density at radius 1 is 1.33 bits per heavy atom. The quantitative estimate of drug-likeness (QED) is 0.551. The second-order valence-corrected chi connectivity index (χ2v) is 7.41. The molecule has 2 aliphatic heterocycles. The smallest absolute Gasteiger partial charge is 0.255 e. The lowest BCUT2D eigenvalue weighted by Gasteiger charge is -2.23. The summed E-state index contributed by atoms with van der Waals surface area (Å²) < 4.78 is 5.37. The standard InChI is InChI=1S/C20H31N5O2/c1-22-20(25-10-7-17(14-25)13-24-8-2-3-9-24)23-12-16-5-4-6-18(11-16)27-15-19(21)26/h4-6,11,17H,2-3,7-10,12-15H2,1H3,(H2,21,26)(H,22,23). The first-order chi connectivity index (χ1) is 13.1. The van der Waals surface area contributed by atoms with Crippen LogP contribution in [0.4, 0.5) is 0 Å². The van der Waals surface area contributed by atoms with Crippen LogP contribution in [0.15, 0.2) is 29.3 Å². The van der Waals surface area contributed by atoms with Gasteiger partial charge in [0.25, 0.3) is 5.91 Å². The number of nitrogens with one attached hydrogen (secondary N) is 1. The summed E-state index contributed by atoms with van der Waals surface area (Å²) in [5.74, 6) is 1.85. The lowest BCUT2D eigenvalue weighted by molar-refractivity contribution is -0.119. The summed E-state index contributed by atoms with van der Waals surface area (Å²) >= 11 is 0. The zero-order valence-electron chi connectivity index (χ0n) is 16.2. The highest BCUT2D eigenvalue weighted by atomic mass is 16.5. The second-order valence-electron chi connectivity index (χ2n) is 7.41. The molecule has 0 bridgehead atoms. The lowest BCUT2D eigenvalue weighted by Crippen LogP contribution is -2.40. The zero-order valence-corrected chi connectivity index (χ0v) is 16.2. The molecule has 1 unspecified atom stereocenters. The Bertz CT molecular complexity index is 658. The second kappa shape index (κ2) is 9.60. The largest absolute Gasteiger partial charge is 0.484 e. The normalized spacial score (nSPS) is 20.9. The first kappa shape index (κ1) is 19.5. The van der Waals surface area contributed by atoms with E-state index in [-0.39, 0.29) is 6.61 Å². The molecular formula is C20H31N5O2. The van der Waals surface area contributed by atoms with Crippen molar-refractivity contribution in [3.8, 4) is 5.75 Å². The van der Waals surface area contributed by atoms with Crippen LogP contribution in [0.3, 0.4) is 0 Å². The van der Waals surface area contributed by atoms with Gasteiger partial charge in [-0.3, -0.25) is 9.79 Å². The fraction of sp³-hybridized carbons (Fsp3) is 0.600. The first-order valence-corrected chi connectivity index (χ1v) is 9.82. The molecule has 3 rings (SSSR count). The van der Waals surface area contributed by atoms with Crippen LogP contribution in [0.2, 0.25) is 0 Å². The predicted octanol–water partition coefficient (Wildman–Crippen LogP) is 1.04. The van der Waals surface area contributed by atoms with E-state index in [4.69, 9.17) is 10.5 Å². The Balaban J connectivity index is 1.48. The molecule has 7 heteroatoms. The minimum Gasteiger partial charge on any atom is -0.484 e. The number of rotatable bonds is 7. The fourth-order valence-electron chi connectivity index (χ4n) is 3.92. The molecule has 2 saturated heterocycles. The van der Waals surface area contributed by atoms with Gasteiger partial charge >= 0.3 is 0 Å². The van der Waals surface area contributed by atoms with Gasteiger partial charge in [0.05, 0.1) is 0 Å². The van der Waals surface area contributed by atoms with Crippen LogP contribution < -0.4 is 15.8 Å². The summed E-state index contributed by atoms with van der Waals surface area (Å²) in [4.78, 5) is 20.3. The Labute approximate surface area is 161 Å². The number of carbonyl (C=O) groups is 1. The average Bonchev–Trinajstić information content (AvgIpc) is 3.34. The maximum absolute atomic E-state index is 10.9. The molecule has 0 radical (unpaired) electrons. The number of hydrogen-bond acceptors (Lipinski definition) is 4. The fourth-order valence-corrected chi connectivity index (χ4v) is 3.92. The van der Waals surface area contributed by atoms with Crippen LogP contribution >= 0.6 is 0 Å². The van der Waals surface area contributed by atoms with E-state index in [1.807, 2.05) is 31.3 Å². The molecule has 148 valence electrons. The van der Waals surface area contributed by atoms with Crippen LogP contribution in [0.25, 0.3) is 0 Å². The molecule has 1 aromatic carbocycles. The topological polar surface area (TPSA) is 83.2 Å². The average molecular weight is 374 g/mol. The number of nitrogens with zero attached hydrogens (tertiary/aromatic N) is 3. The molecule has 2 heterocycles. The highest BCUT2D eigenvalue weighted by Gasteiger charge is 2.27. The van der Waals surface area contributed by atoms with Crippen molar-refractivity contribution >= 4 is 11.9 Å². The molecule has 0 spiro atoms. The number of primary amides is 1. The molecule has 7 nitrogen and oxygen atoms in total. The van der Waals surface area contributed by atoms with Crippen molar-refractivity contribution in [2.45, 2.75) is 25.8 Å². The first-order valence-electron chi connectivity index (χ1n) is 9.82. The summed E-state index contributed by atoms with van der Waals surface area (Å²) in [7, 11) is 1.84. The number of hydrogen-bond donors (Lipinski definition) is 2. The van der Waals surface area contributed by atoms with E-state index in [2.05, 4.69) is 20.1 Å². The van der Waals surface area contributed by atoms with E-state index in [0.717, 1.165) is 30.5 Å². The minimum absolute atomic E-state index is 0.106. The Morgan fingerprint density at radius 2 is 2.15 bits per heavy atom. The van der Waals surface area contributed by atoms with Crippen molar-refractivity contribution in [1.82, 2.24) is 15.1 Å². The Kier molecular flexibility index (Phi) is 6.92. The number of aliphatic imine (C=N–C) groups is 1. The molecule has 0 saturated carbocycles. The van der Waals surface area contributed by atoms with Gasteiger partial charge in [0, 0.05) is 33.2 Å². The van der Waals surface area contributed by atoms with Gasteiger partial charge in [-0.05, 0) is 56.0 Å². The summed E-state index contributed by atoms with van der Waals surface area (Å²) in [6, 6.07) is 7.68. The van der Waals surface area contributed by atoms with Gasteiger partial charge in [0.15, 0.2) is 12.6 Å². The van der Waals surface area contributed by atoms with Gasteiger partial charge in [-0.15, -0.1) is 0 Å². The molecule has 2 fully saturated rings. The van der Waals surface area contributed by atoms with Crippen molar-refractivity contribution in [2.75, 3.05) is 46.4 Å². The van der Waals surface area contributed by atoms with Crippen LogP contribution in [-0.4, -0.2) is 68.0 Å². The number of carbonyl (C=O) groups excluding carboxylic acids is 1. The molecule has 3 N–H and O–H groups in total. The van der Waals surface area contributed by atoms with Gasteiger partial charge < -0.3 is 25.6 Å². The number of ether oxygens (including phenoxy) is 1. The van der Waals surface area contributed by atoms with E-state index < -0.39 is 5.91 Å². The number of amides is 1.